The highest BCUT2D eigenvalue weighted by molar-refractivity contribution is 5.30. The van der Waals surface area contributed by atoms with Crippen LogP contribution in [-0.2, 0) is 12.7 Å². The fourth-order valence-electron chi connectivity index (χ4n) is 2.90. The molecule has 0 aliphatic carbocycles. The fraction of sp³-hybridized carbons (Fsp3) is 0.500. The summed E-state index contributed by atoms with van der Waals surface area (Å²) in [5.41, 5.74) is -0.929. The zero-order valence-corrected chi connectivity index (χ0v) is 13.7. The largest absolute Gasteiger partial charge is 0.433 e. The number of piperidine rings is 1. The minimum Gasteiger partial charge on any atom is -0.341 e. The lowest BCUT2D eigenvalue weighted by molar-refractivity contribution is -0.141. The molecule has 6 nitrogen and oxygen atoms in total. The summed E-state index contributed by atoms with van der Waals surface area (Å²) in [4.78, 5) is 26.0. The summed E-state index contributed by atoms with van der Waals surface area (Å²) in [6, 6.07) is 2.38. The van der Waals surface area contributed by atoms with Crippen molar-refractivity contribution in [1.29, 1.82) is 0 Å². The van der Waals surface area contributed by atoms with Crippen molar-refractivity contribution in [3.8, 4) is 0 Å². The Kier molecular flexibility index (Phi) is 4.73. The van der Waals surface area contributed by atoms with E-state index >= 15 is 0 Å². The molecule has 0 spiro atoms. The van der Waals surface area contributed by atoms with Crippen molar-refractivity contribution in [2.24, 2.45) is 5.92 Å². The number of hydrogen-bond donors (Lipinski definition) is 0. The van der Waals surface area contributed by atoms with Gasteiger partial charge in [0.05, 0.1) is 6.33 Å². The van der Waals surface area contributed by atoms with Crippen LogP contribution in [0.3, 0.4) is 0 Å². The van der Waals surface area contributed by atoms with Crippen LogP contribution in [0.5, 0.6) is 0 Å². The Morgan fingerprint density at radius 3 is 2.56 bits per heavy atom. The zero-order chi connectivity index (χ0) is 18.0. The van der Waals surface area contributed by atoms with Crippen LogP contribution in [0.1, 0.15) is 24.2 Å². The van der Waals surface area contributed by atoms with Gasteiger partial charge >= 0.3 is 6.18 Å². The summed E-state index contributed by atoms with van der Waals surface area (Å²) in [6.07, 6.45) is -0.273. The number of anilines is 1. The summed E-state index contributed by atoms with van der Waals surface area (Å²) >= 11 is 0. The molecule has 0 atom stereocenters. The summed E-state index contributed by atoms with van der Waals surface area (Å²) in [6.45, 7) is 3.77. The second kappa shape index (κ2) is 6.81. The maximum absolute atomic E-state index is 12.6. The third-order valence-corrected chi connectivity index (χ3v) is 4.30. The van der Waals surface area contributed by atoms with Gasteiger partial charge in [-0.3, -0.25) is 9.36 Å². The fourth-order valence-corrected chi connectivity index (χ4v) is 2.90. The van der Waals surface area contributed by atoms with Crippen molar-refractivity contribution in [2.45, 2.75) is 32.5 Å². The van der Waals surface area contributed by atoms with E-state index in [1.54, 1.807) is 6.20 Å². The second-order valence-corrected chi connectivity index (χ2v) is 6.19. The van der Waals surface area contributed by atoms with Gasteiger partial charge in [-0.15, -0.1) is 0 Å². The van der Waals surface area contributed by atoms with Gasteiger partial charge in [0.25, 0.3) is 5.56 Å². The van der Waals surface area contributed by atoms with Crippen LogP contribution in [0, 0.1) is 12.8 Å². The van der Waals surface area contributed by atoms with Crippen LogP contribution in [-0.4, -0.2) is 32.6 Å². The van der Waals surface area contributed by atoms with Gasteiger partial charge in [0.15, 0.2) is 5.69 Å². The minimum absolute atomic E-state index is 0.206. The third kappa shape index (κ3) is 4.15. The Morgan fingerprint density at radius 1 is 1.24 bits per heavy atom. The summed E-state index contributed by atoms with van der Waals surface area (Å²) in [5.74, 6) is 0.893. The van der Waals surface area contributed by atoms with Gasteiger partial charge in [0.2, 0.25) is 5.95 Å². The third-order valence-electron chi connectivity index (χ3n) is 4.30. The molecular weight excluding hydrogens is 335 g/mol. The molecule has 25 heavy (non-hydrogen) atoms. The lowest BCUT2D eigenvalue weighted by Crippen LogP contribution is -2.37. The van der Waals surface area contributed by atoms with Crippen molar-refractivity contribution in [2.75, 3.05) is 18.0 Å². The molecular formula is C16H18F3N5O. The average Bonchev–Trinajstić information content (AvgIpc) is 2.56. The molecule has 9 heteroatoms. The molecule has 2 aromatic heterocycles. The molecule has 134 valence electrons. The number of halogens is 3. The standard InChI is InChI=1S/C16H18F3N5O/c1-11-2-5-20-15(22-11)23-6-3-12(4-7-23)9-24-10-21-13(8-14(24)25)16(17,18)19/h2,5,8,10,12H,3-4,6-7,9H2,1H3. The van der Waals surface area contributed by atoms with Crippen molar-refractivity contribution < 1.29 is 13.2 Å². The summed E-state index contributed by atoms with van der Waals surface area (Å²) in [5, 5.41) is 0. The molecule has 0 amide bonds. The van der Waals surface area contributed by atoms with Gasteiger partial charge in [-0.1, -0.05) is 0 Å². The van der Waals surface area contributed by atoms with Gasteiger partial charge < -0.3 is 4.90 Å². The van der Waals surface area contributed by atoms with E-state index in [1.807, 2.05) is 13.0 Å². The van der Waals surface area contributed by atoms with Gasteiger partial charge in [0, 0.05) is 37.6 Å². The number of aromatic nitrogens is 4. The summed E-state index contributed by atoms with van der Waals surface area (Å²) in [7, 11) is 0. The smallest absolute Gasteiger partial charge is 0.341 e. The lowest BCUT2D eigenvalue weighted by Gasteiger charge is -2.32. The molecule has 2 aromatic rings. The first kappa shape index (κ1) is 17.4. The number of rotatable bonds is 3. The highest BCUT2D eigenvalue weighted by atomic mass is 19.4. The lowest BCUT2D eigenvalue weighted by atomic mass is 9.97. The van der Waals surface area contributed by atoms with Crippen molar-refractivity contribution >= 4 is 5.95 Å². The molecule has 1 aliphatic rings. The number of nitrogens with zero attached hydrogens (tertiary/aromatic N) is 5. The second-order valence-electron chi connectivity index (χ2n) is 6.19. The molecule has 1 saturated heterocycles. The normalized spacial score (nSPS) is 16.2. The number of aryl methyl sites for hydroxylation is 1. The van der Waals surface area contributed by atoms with Crippen molar-refractivity contribution in [1.82, 2.24) is 19.5 Å². The van der Waals surface area contributed by atoms with Crippen LogP contribution < -0.4 is 10.5 Å². The Hall–Kier alpha value is -2.45. The van der Waals surface area contributed by atoms with E-state index in [0.717, 1.165) is 38.0 Å². The Morgan fingerprint density at radius 2 is 1.96 bits per heavy atom. The molecule has 3 heterocycles. The average molecular weight is 353 g/mol. The van der Waals surface area contributed by atoms with Gasteiger partial charge in [-0.25, -0.2) is 15.0 Å². The first-order valence-electron chi connectivity index (χ1n) is 8.01. The minimum atomic E-state index is -4.60. The van der Waals surface area contributed by atoms with E-state index in [4.69, 9.17) is 0 Å². The highest BCUT2D eigenvalue weighted by Crippen LogP contribution is 2.26. The van der Waals surface area contributed by atoms with Crippen LogP contribution in [0.25, 0.3) is 0 Å². The number of hydrogen-bond acceptors (Lipinski definition) is 5. The first-order valence-corrected chi connectivity index (χ1v) is 8.01. The maximum Gasteiger partial charge on any atom is 0.433 e. The molecule has 1 aliphatic heterocycles. The maximum atomic E-state index is 12.6. The Balaban J connectivity index is 1.62. The van der Waals surface area contributed by atoms with E-state index in [2.05, 4.69) is 19.9 Å². The number of alkyl halides is 3. The zero-order valence-electron chi connectivity index (χ0n) is 13.7. The first-order chi connectivity index (χ1) is 11.8. The highest BCUT2D eigenvalue weighted by Gasteiger charge is 2.33. The van der Waals surface area contributed by atoms with Crippen molar-refractivity contribution in [3.63, 3.8) is 0 Å². The molecule has 0 N–H and O–H groups in total. The quantitative estimate of drug-likeness (QED) is 0.847. The van der Waals surface area contributed by atoms with Crippen LogP contribution in [0.2, 0.25) is 0 Å². The molecule has 0 saturated carbocycles. The van der Waals surface area contributed by atoms with Crippen LogP contribution >= 0.6 is 0 Å². The van der Waals surface area contributed by atoms with E-state index < -0.39 is 17.4 Å². The summed E-state index contributed by atoms with van der Waals surface area (Å²) < 4.78 is 38.9. The molecule has 0 aromatic carbocycles. The van der Waals surface area contributed by atoms with Gasteiger partial charge in [-0.05, 0) is 31.7 Å². The topological polar surface area (TPSA) is 63.9 Å². The van der Waals surface area contributed by atoms with E-state index in [9.17, 15) is 18.0 Å². The van der Waals surface area contributed by atoms with E-state index in [-0.39, 0.29) is 5.92 Å². The predicted molar refractivity (Wildman–Crippen MR) is 85.2 cm³/mol. The molecule has 0 bridgehead atoms. The van der Waals surface area contributed by atoms with Gasteiger partial charge in [0.1, 0.15) is 0 Å². The van der Waals surface area contributed by atoms with Gasteiger partial charge in [-0.2, -0.15) is 13.2 Å². The molecule has 0 radical (unpaired) electrons. The Labute approximate surface area is 142 Å². The van der Waals surface area contributed by atoms with E-state index in [0.29, 0.717) is 18.6 Å². The van der Waals surface area contributed by atoms with Crippen LogP contribution in [0.4, 0.5) is 19.1 Å². The Bertz CT molecular complexity index is 797. The van der Waals surface area contributed by atoms with E-state index in [1.165, 1.54) is 4.57 Å². The molecule has 3 rings (SSSR count). The van der Waals surface area contributed by atoms with Crippen LogP contribution in [0.15, 0.2) is 29.5 Å². The molecule has 0 unspecified atom stereocenters. The predicted octanol–water partition coefficient (Wildman–Crippen LogP) is 2.28. The molecule has 1 fully saturated rings. The monoisotopic (exact) mass is 353 g/mol. The SMILES string of the molecule is Cc1ccnc(N2CCC(Cn3cnc(C(F)(F)F)cc3=O)CC2)n1. The van der Waals surface area contributed by atoms with Crippen molar-refractivity contribution in [3.05, 3.63) is 46.4 Å².